The minimum absolute atomic E-state index is 0. The normalized spacial score (nSPS) is 20.3. The summed E-state index contributed by atoms with van der Waals surface area (Å²) < 4.78 is 1.06. The minimum Gasteiger partial charge on any atom is -0.248 e. The van der Waals surface area contributed by atoms with Crippen LogP contribution in [0.2, 0.25) is 0 Å². The number of hydrogen-bond acceptors (Lipinski definition) is 4. The first-order chi connectivity index (χ1) is 18.9. The van der Waals surface area contributed by atoms with Gasteiger partial charge in [0.05, 0.1) is 45.6 Å². The minimum atomic E-state index is 0. The van der Waals surface area contributed by atoms with Crippen molar-refractivity contribution in [3.8, 4) is 0 Å². The van der Waals surface area contributed by atoms with Gasteiger partial charge in [0.2, 0.25) is 0 Å². The molecule has 0 radical (unpaired) electrons. The fourth-order valence-corrected chi connectivity index (χ4v) is 7.07. The smallest absolute Gasteiger partial charge is 0.0804 e. The quantitative estimate of drug-likeness (QED) is 0.247. The van der Waals surface area contributed by atoms with Crippen LogP contribution in [-0.2, 0) is 21.1 Å². The molecule has 6 heteroatoms. The average Bonchev–Trinajstić information content (AvgIpc) is 3.64. The van der Waals surface area contributed by atoms with Crippen molar-refractivity contribution < 1.29 is 21.1 Å². The average molecular weight is 779 g/mol. The molecule has 0 N–H and O–H groups in total. The van der Waals surface area contributed by atoms with Gasteiger partial charge in [-0.3, -0.25) is 0 Å². The van der Waals surface area contributed by atoms with Crippen LogP contribution in [0.5, 0.6) is 0 Å². The maximum atomic E-state index is 5.23. The van der Waals surface area contributed by atoms with Crippen molar-refractivity contribution >= 4 is 38.8 Å². The van der Waals surface area contributed by atoms with E-state index in [9.17, 15) is 0 Å². The molecule has 0 aromatic carbocycles. The maximum absolute atomic E-state index is 5.23. The van der Waals surface area contributed by atoms with Gasteiger partial charge in [0.25, 0.3) is 0 Å². The Labute approximate surface area is 262 Å². The van der Waals surface area contributed by atoms with Crippen LogP contribution in [0.15, 0.2) is 111 Å². The zero-order valence-electron chi connectivity index (χ0n) is 24.7. The molecule has 8 bridgehead atoms. The number of allylic oxidation sites excluding steroid dienone is 12. The standard InChI is InChI=1S/C34H39BrN4.Pt/c1-8-19-20(9-2)27-16-29-23(12-5)24(13-6)31(38-29)18-33-34(35)25(14-7)32(39-33)17-30-22(11-4)21(10-3)28(37-30)15-26(19)36-27;/h15-18H,8-14H2,1-7H3;. The van der Waals surface area contributed by atoms with Gasteiger partial charge in [0.15, 0.2) is 0 Å². The van der Waals surface area contributed by atoms with Gasteiger partial charge in [-0.1, -0.05) is 48.5 Å². The predicted octanol–water partition coefficient (Wildman–Crippen LogP) is 9.76. The van der Waals surface area contributed by atoms with E-state index in [1.165, 1.54) is 39.0 Å². The summed E-state index contributed by atoms with van der Waals surface area (Å²) in [6.07, 6.45) is 15.3. The second-order valence-corrected chi connectivity index (χ2v) is 11.0. The third-order valence-electron chi connectivity index (χ3n) is 8.28. The molecule has 0 amide bonds. The first kappa shape index (κ1) is 30.7. The van der Waals surface area contributed by atoms with Gasteiger partial charge in [-0.2, -0.15) is 0 Å². The van der Waals surface area contributed by atoms with Crippen LogP contribution >= 0.6 is 15.9 Å². The van der Waals surface area contributed by atoms with Crippen molar-refractivity contribution in [1.82, 2.24) is 0 Å². The molecule has 5 aliphatic heterocycles. The Hall–Kier alpha value is -2.23. The molecule has 40 heavy (non-hydrogen) atoms. The molecule has 0 saturated carbocycles. The molecule has 0 aliphatic carbocycles. The van der Waals surface area contributed by atoms with E-state index in [1.54, 1.807) is 0 Å². The summed E-state index contributed by atoms with van der Waals surface area (Å²) in [5.41, 5.74) is 17.3. The fourth-order valence-electron chi connectivity index (χ4n) is 6.39. The number of rotatable bonds is 7. The van der Waals surface area contributed by atoms with Crippen LogP contribution in [0.3, 0.4) is 0 Å². The summed E-state index contributed by atoms with van der Waals surface area (Å²) in [7, 11) is 0. The molecule has 0 spiro atoms. The molecule has 0 aromatic heterocycles. The molecule has 0 fully saturated rings. The summed E-state index contributed by atoms with van der Waals surface area (Å²) in [6.45, 7) is 15.6. The zero-order chi connectivity index (χ0) is 27.8. The van der Waals surface area contributed by atoms with Crippen molar-refractivity contribution in [3.05, 3.63) is 90.6 Å². The van der Waals surface area contributed by atoms with Gasteiger partial charge in [-0.15, -0.1) is 0 Å². The molecule has 4 nitrogen and oxygen atoms in total. The molecule has 0 saturated heterocycles. The van der Waals surface area contributed by atoms with E-state index in [0.717, 1.165) is 95.1 Å². The van der Waals surface area contributed by atoms with Gasteiger partial charge in [-0.05, 0) is 124 Å². The second-order valence-electron chi connectivity index (χ2n) is 10.2. The van der Waals surface area contributed by atoms with Crippen molar-refractivity contribution in [2.75, 3.05) is 0 Å². The van der Waals surface area contributed by atoms with Gasteiger partial charge >= 0.3 is 0 Å². The number of halogens is 1. The summed E-state index contributed by atoms with van der Waals surface area (Å²) >= 11 is 3.90. The number of hydrogen-bond donors (Lipinski definition) is 0. The first-order valence-electron chi connectivity index (χ1n) is 14.7. The van der Waals surface area contributed by atoms with Crippen molar-refractivity contribution in [3.63, 3.8) is 0 Å². The Morgan fingerprint density at radius 1 is 0.400 bits per heavy atom. The van der Waals surface area contributed by atoms with Crippen LogP contribution in [0.4, 0.5) is 0 Å². The molecule has 5 aliphatic rings. The summed E-state index contributed by atoms with van der Waals surface area (Å²) in [5.74, 6) is 0. The largest absolute Gasteiger partial charge is 0.248 e. The monoisotopic (exact) mass is 777 g/mol. The number of aliphatic imine (C=N–C) groups is 4. The van der Waals surface area contributed by atoms with E-state index in [1.807, 2.05) is 0 Å². The maximum Gasteiger partial charge on any atom is 0.0804 e. The topological polar surface area (TPSA) is 49.4 Å². The van der Waals surface area contributed by atoms with Crippen LogP contribution in [0, 0.1) is 0 Å². The van der Waals surface area contributed by atoms with Gasteiger partial charge in [0.1, 0.15) is 0 Å². The van der Waals surface area contributed by atoms with E-state index >= 15 is 0 Å². The second kappa shape index (κ2) is 12.7. The molecular formula is C34H39BrN4Pt. The molecule has 212 valence electrons. The van der Waals surface area contributed by atoms with Crippen LogP contribution in [-0.4, -0.2) is 22.8 Å². The van der Waals surface area contributed by atoms with Gasteiger partial charge in [0, 0.05) is 25.5 Å². The number of nitrogens with zero attached hydrogens (tertiary/aromatic N) is 4. The molecule has 5 heterocycles. The van der Waals surface area contributed by atoms with E-state index in [0.29, 0.717) is 0 Å². The summed E-state index contributed by atoms with van der Waals surface area (Å²) in [5, 5.41) is 0. The molecule has 0 atom stereocenters. The van der Waals surface area contributed by atoms with E-state index in [2.05, 4.69) is 88.7 Å². The van der Waals surface area contributed by atoms with E-state index in [-0.39, 0.29) is 21.1 Å². The Morgan fingerprint density at radius 3 is 0.950 bits per heavy atom. The van der Waals surface area contributed by atoms with Crippen molar-refractivity contribution in [2.24, 2.45) is 20.0 Å². The third kappa shape index (κ3) is 5.13. The summed E-state index contributed by atoms with van der Waals surface area (Å²) in [6, 6.07) is 0. The Bertz CT molecular complexity index is 1520. The van der Waals surface area contributed by atoms with Crippen molar-refractivity contribution in [2.45, 2.75) is 93.4 Å². The van der Waals surface area contributed by atoms with E-state index < -0.39 is 0 Å². The molecular weight excluding hydrogens is 739 g/mol. The van der Waals surface area contributed by atoms with E-state index in [4.69, 9.17) is 20.0 Å². The molecule has 5 rings (SSSR count). The zero-order valence-corrected chi connectivity index (χ0v) is 28.6. The number of fused-ring (bicyclic) bond motifs is 4. The Kier molecular flexibility index (Phi) is 9.78. The van der Waals surface area contributed by atoms with Gasteiger partial charge in [-0.25, -0.2) is 20.0 Å². The van der Waals surface area contributed by atoms with Gasteiger partial charge < -0.3 is 0 Å². The van der Waals surface area contributed by atoms with Crippen LogP contribution in [0.1, 0.15) is 93.4 Å². The first-order valence-corrected chi connectivity index (χ1v) is 15.5. The van der Waals surface area contributed by atoms with Crippen molar-refractivity contribution in [1.29, 1.82) is 0 Å². The Balaban J connectivity index is 0.00000370. The summed E-state index contributed by atoms with van der Waals surface area (Å²) in [4.78, 5) is 20.8. The third-order valence-corrected chi connectivity index (χ3v) is 9.16. The predicted molar refractivity (Wildman–Crippen MR) is 171 cm³/mol. The fraction of sp³-hybridized carbons (Fsp3) is 0.412. The van der Waals surface area contributed by atoms with Crippen LogP contribution in [0.25, 0.3) is 0 Å². The molecule has 0 aromatic rings. The molecule has 0 unspecified atom stereocenters. The van der Waals surface area contributed by atoms with Crippen LogP contribution < -0.4 is 0 Å². The Morgan fingerprint density at radius 2 is 0.650 bits per heavy atom. The SMILES string of the molecule is CCC1=C(Br)C2=CC3=NC(=CC4=NC(=CC5=NC(=CC1=N2)C(CC)=C5CC)C(CC)=C4CC)C(CC)=C3CC.[Pt].